The Morgan fingerprint density at radius 3 is 2.94 bits per heavy atom. The summed E-state index contributed by atoms with van der Waals surface area (Å²) in [5, 5.41) is 3.09. The standard InChI is InChI=1S/C12H18FN3/c1-8-3-4-10(5-8)6-14-12-11(13)9(2)15-7-16-12/h7-8,10H,3-6H2,1-2H3,(H,14,15,16). The van der Waals surface area contributed by atoms with Crippen LogP contribution in [0.4, 0.5) is 10.2 Å². The predicted molar refractivity (Wildman–Crippen MR) is 61.7 cm³/mol. The third-order valence-electron chi connectivity index (χ3n) is 3.33. The van der Waals surface area contributed by atoms with E-state index in [2.05, 4.69) is 22.2 Å². The molecule has 0 aliphatic heterocycles. The maximum absolute atomic E-state index is 13.6. The highest BCUT2D eigenvalue weighted by atomic mass is 19.1. The number of aromatic nitrogens is 2. The molecule has 0 spiro atoms. The topological polar surface area (TPSA) is 37.8 Å². The van der Waals surface area contributed by atoms with Crippen LogP contribution in [0.3, 0.4) is 0 Å². The van der Waals surface area contributed by atoms with Crippen molar-refractivity contribution >= 4 is 5.82 Å². The zero-order valence-electron chi connectivity index (χ0n) is 9.83. The highest BCUT2D eigenvalue weighted by molar-refractivity contribution is 5.36. The number of hydrogen-bond donors (Lipinski definition) is 1. The molecule has 0 radical (unpaired) electrons. The van der Waals surface area contributed by atoms with E-state index in [0.717, 1.165) is 12.5 Å². The lowest BCUT2D eigenvalue weighted by Gasteiger charge is -2.12. The van der Waals surface area contributed by atoms with Crippen molar-refractivity contribution in [3.63, 3.8) is 0 Å². The summed E-state index contributed by atoms with van der Waals surface area (Å²) in [6.45, 7) is 4.74. The van der Waals surface area contributed by atoms with E-state index < -0.39 is 0 Å². The minimum absolute atomic E-state index is 0.325. The highest BCUT2D eigenvalue weighted by Gasteiger charge is 2.21. The lowest BCUT2D eigenvalue weighted by molar-refractivity contribution is 0.533. The minimum atomic E-state index is -0.325. The Labute approximate surface area is 95.5 Å². The van der Waals surface area contributed by atoms with E-state index in [1.54, 1.807) is 6.92 Å². The van der Waals surface area contributed by atoms with Crippen LogP contribution in [0.25, 0.3) is 0 Å². The van der Waals surface area contributed by atoms with Crippen LogP contribution in [0.5, 0.6) is 0 Å². The fraction of sp³-hybridized carbons (Fsp3) is 0.667. The lowest BCUT2D eigenvalue weighted by atomic mass is 10.1. The molecule has 1 N–H and O–H groups in total. The quantitative estimate of drug-likeness (QED) is 0.856. The molecule has 2 rings (SSSR count). The highest BCUT2D eigenvalue weighted by Crippen LogP contribution is 2.30. The van der Waals surface area contributed by atoms with E-state index in [0.29, 0.717) is 17.4 Å². The second kappa shape index (κ2) is 4.76. The smallest absolute Gasteiger partial charge is 0.186 e. The number of aryl methyl sites for hydroxylation is 1. The third-order valence-corrected chi connectivity index (χ3v) is 3.33. The molecule has 3 nitrogen and oxygen atoms in total. The second-order valence-electron chi connectivity index (χ2n) is 4.79. The number of anilines is 1. The van der Waals surface area contributed by atoms with Gasteiger partial charge in [-0.3, -0.25) is 0 Å². The number of halogens is 1. The summed E-state index contributed by atoms with van der Waals surface area (Å²) in [6, 6.07) is 0. The molecule has 1 aliphatic rings. The minimum Gasteiger partial charge on any atom is -0.367 e. The second-order valence-corrected chi connectivity index (χ2v) is 4.79. The van der Waals surface area contributed by atoms with Crippen molar-refractivity contribution in [2.75, 3.05) is 11.9 Å². The van der Waals surface area contributed by atoms with Crippen LogP contribution in [-0.2, 0) is 0 Å². The molecule has 2 atom stereocenters. The first-order chi connectivity index (χ1) is 7.66. The van der Waals surface area contributed by atoms with Gasteiger partial charge < -0.3 is 5.32 Å². The zero-order valence-corrected chi connectivity index (χ0v) is 9.83. The van der Waals surface area contributed by atoms with Crippen molar-refractivity contribution in [1.82, 2.24) is 9.97 Å². The first-order valence-electron chi connectivity index (χ1n) is 5.87. The maximum Gasteiger partial charge on any atom is 0.186 e. The molecule has 1 saturated carbocycles. The maximum atomic E-state index is 13.6. The van der Waals surface area contributed by atoms with Gasteiger partial charge in [-0.05, 0) is 31.6 Å². The molecular weight excluding hydrogens is 205 g/mol. The molecule has 1 fully saturated rings. The number of hydrogen-bond acceptors (Lipinski definition) is 3. The monoisotopic (exact) mass is 223 g/mol. The van der Waals surface area contributed by atoms with Gasteiger partial charge in [0.1, 0.15) is 6.33 Å². The summed E-state index contributed by atoms with van der Waals surface area (Å²) >= 11 is 0. The summed E-state index contributed by atoms with van der Waals surface area (Å²) in [7, 11) is 0. The number of nitrogens with zero attached hydrogens (tertiary/aromatic N) is 2. The summed E-state index contributed by atoms with van der Waals surface area (Å²) in [5.74, 6) is 1.48. The molecule has 1 heterocycles. The summed E-state index contributed by atoms with van der Waals surface area (Å²) < 4.78 is 13.6. The average molecular weight is 223 g/mol. The van der Waals surface area contributed by atoms with E-state index in [1.165, 1.54) is 25.6 Å². The fourth-order valence-corrected chi connectivity index (χ4v) is 2.33. The SMILES string of the molecule is Cc1ncnc(NCC2CCC(C)C2)c1F. The normalized spacial score (nSPS) is 24.7. The van der Waals surface area contributed by atoms with Gasteiger partial charge in [-0.15, -0.1) is 0 Å². The molecule has 1 aliphatic carbocycles. The van der Waals surface area contributed by atoms with E-state index >= 15 is 0 Å². The van der Waals surface area contributed by atoms with Gasteiger partial charge in [0.15, 0.2) is 11.6 Å². The molecule has 0 aromatic carbocycles. The van der Waals surface area contributed by atoms with Crippen molar-refractivity contribution < 1.29 is 4.39 Å². The van der Waals surface area contributed by atoms with Crippen molar-refractivity contribution in [3.8, 4) is 0 Å². The van der Waals surface area contributed by atoms with Crippen LogP contribution in [0.15, 0.2) is 6.33 Å². The number of rotatable bonds is 3. The molecule has 1 aromatic heterocycles. The Hall–Kier alpha value is -1.19. The van der Waals surface area contributed by atoms with Gasteiger partial charge in [-0.2, -0.15) is 0 Å². The van der Waals surface area contributed by atoms with Gasteiger partial charge in [0.25, 0.3) is 0 Å². The molecule has 88 valence electrons. The molecule has 0 bridgehead atoms. The van der Waals surface area contributed by atoms with E-state index in [9.17, 15) is 4.39 Å². The van der Waals surface area contributed by atoms with Crippen molar-refractivity contribution in [3.05, 3.63) is 17.8 Å². The molecule has 1 aromatic rings. The van der Waals surface area contributed by atoms with Crippen molar-refractivity contribution in [1.29, 1.82) is 0 Å². The van der Waals surface area contributed by atoms with Crippen molar-refractivity contribution in [2.24, 2.45) is 11.8 Å². The first-order valence-corrected chi connectivity index (χ1v) is 5.87. The van der Waals surface area contributed by atoms with E-state index in [4.69, 9.17) is 0 Å². The van der Waals surface area contributed by atoms with E-state index in [1.807, 2.05) is 0 Å². The van der Waals surface area contributed by atoms with Crippen LogP contribution in [0.1, 0.15) is 31.9 Å². The zero-order chi connectivity index (χ0) is 11.5. The van der Waals surface area contributed by atoms with Crippen LogP contribution >= 0.6 is 0 Å². The Morgan fingerprint density at radius 1 is 1.44 bits per heavy atom. The predicted octanol–water partition coefficient (Wildman–Crippen LogP) is 2.77. The summed E-state index contributed by atoms with van der Waals surface area (Å²) in [5.41, 5.74) is 0.400. The Balaban J connectivity index is 1.92. The van der Waals surface area contributed by atoms with Gasteiger partial charge in [0, 0.05) is 6.54 Å². The lowest BCUT2D eigenvalue weighted by Crippen LogP contribution is -2.14. The molecule has 4 heteroatoms. The largest absolute Gasteiger partial charge is 0.367 e. The number of nitrogens with one attached hydrogen (secondary N) is 1. The van der Waals surface area contributed by atoms with Crippen molar-refractivity contribution in [2.45, 2.75) is 33.1 Å². The van der Waals surface area contributed by atoms with Crippen LogP contribution in [0, 0.1) is 24.6 Å². The van der Waals surface area contributed by atoms with E-state index in [-0.39, 0.29) is 5.82 Å². The molecule has 0 amide bonds. The average Bonchev–Trinajstić information content (AvgIpc) is 2.67. The van der Waals surface area contributed by atoms with Gasteiger partial charge in [-0.1, -0.05) is 13.3 Å². The summed E-state index contributed by atoms with van der Waals surface area (Å²) in [6.07, 6.45) is 5.16. The Kier molecular flexibility index (Phi) is 3.36. The van der Waals surface area contributed by atoms with Gasteiger partial charge in [0.2, 0.25) is 0 Å². The van der Waals surface area contributed by atoms with Gasteiger partial charge in [-0.25, -0.2) is 14.4 Å². The molecule has 0 saturated heterocycles. The first kappa shape index (κ1) is 11.3. The van der Waals surface area contributed by atoms with Crippen LogP contribution in [-0.4, -0.2) is 16.5 Å². The third kappa shape index (κ3) is 2.49. The fourth-order valence-electron chi connectivity index (χ4n) is 2.33. The van der Waals surface area contributed by atoms with Gasteiger partial charge >= 0.3 is 0 Å². The molecular formula is C12H18FN3. The molecule has 16 heavy (non-hydrogen) atoms. The summed E-state index contributed by atoms with van der Waals surface area (Å²) in [4.78, 5) is 7.73. The molecule has 2 unspecified atom stereocenters. The Morgan fingerprint density at radius 2 is 2.25 bits per heavy atom. The van der Waals surface area contributed by atoms with Gasteiger partial charge in [0.05, 0.1) is 5.69 Å². The Bertz CT molecular complexity index is 367. The van der Waals surface area contributed by atoms with Crippen LogP contribution in [0.2, 0.25) is 0 Å². The van der Waals surface area contributed by atoms with Crippen LogP contribution < -0.4 is 5.32 Å².